The molecule has 0 bridgehead atoms. The molecule has 2 aromatic rings. The van der Waals surface area contributed by atoms with Crippen LogP contribution in [0.25, 0.3) is 0 Å². The van der Waals surface area contributed by atoms with Crippen LogP contribution in [-0.4, -0.2) is 43.0 Å². The van der Waals surface area contributed by atoms with Crippen molar-refractivity contribution in [1.29, 1.82) is 0 Å². The highest BCUT2D eigenvalue weighted by Crippen LogP contribution is 2.16. The van der Waals surface area contributed by atoms with E-state index in [-0.39, 0.29) is 0 Å². The van der Waals surface area contributed by atoms with Gasteiger partial charge in [0.05, 0.1) is 26.4 Å². The van der Waals surface area contributed by atoms with Crippen molar-refractivity contribution in [2.75, 3.05) is 26.9 Å². The van der Waals surface area contributed by atoms with Gasteiger partial charge in [-0.3, -0.25) is 4.90 Å². The average molecular weight is 341 g/mol. The number of ether oxygens (including phenoxy) is 2. The lowest BCUT2D eigenvalue weighted by Gasteiger charge is -2.25. The number of nitrogens with zero attached hydrogens (tertiary/aromatic N) is 1. The Hall–Kier alpha value is -2.14. The second-order valence-electron chi connectivity index (χ2n) is 5.99. The van der Waals surface area contributed by atoms with Crippen molar-refractivity contribution in [2.24, 2.45) is 0 Å². The van der Waals surface area contributed by atoms with Gasteiger partial charge >= 0.3 is 0 Å². The molecular formula is C21H27NO3. The minimum atomic E-state index is -0.547. The van der Waals surface area contributed by atoms with Gasteiger partial charge in [0.25, 0.3) is 0 Å². The first-order valence-corrected chi connectivity index (χ1v) is 8.47. The van der Waals surface area contributed by atoms with E-state index < -0.39 is 6.10 Å². The minimum Gasteiger partial charge on any atom is -0.497 e. The zero-order chi connectivity index (χ0) is 17.9. The highest BCUT2D eigenvalue weighted by molar-refractivity contribution is 5.28. The highest BCUT2D eigenvalue weighted by atomic mass is 16.5. The van der Waals surface area contributed by atoms with Gasteiger partial charge in [0.1, 0.15) is 5.75 Å². The fraction of sp³-hybridized carbons (Fsp3) is 0.333. The van der Waals surface area contributed by atoms with E-state index in [1.807, 2.05) is 36.4 Å². The Bertz CT molecular complexity index is 630. The summed E-state index contributed by atoms with van der Waals surface area (Å²) in [5.74, 6) is 0.840. The van der Waals surface area contributed by atoms with E-state index in [2.05, 4.69) is 29.7 Å². The molecule has 0 aromatic heterocycles. The third-order valence-electron chi connectivity index (χ3n) is 3.80. The maximum Gasteiger partial charge on any atom is 0.119 e. The summed E-state index contributed by atoms with van der Waals surface area (Å²) in [5.41, 5.74) is 2.36. The van der Waals surface area contributed by atoms with Crippen molar-refractivity contribution >= 4 is 0 Å². The lowest BCUT2D eigenvalue weighted by atomic mass is 10.1. The van der Waals surface area contributed by atoms with E-state index in [0.29, 0.717) is 19.8 Å². The van der Waals surface area contributed by atoms with E-state index >= 15 is 0 Å². The van der Waals surface area contributed by atoms with Crippen LogP contribution < -0.4 is 4.74 Å². The Morgan fingerprint density at radius 1 is 1.08 bits per heavy atom. The van der Waals surface area contributed by atoms with Gasteiger partial charge in [-0.05, 0) is 23.3 Å². The van der Waals surface area contributed by atoms with Crippen molar-refractivity contribution < 1.29 is 14.6 Å². The molecule has 0 radical (unpaired) electrons. The minimum absolute atomic E-state index is 0.301. The largest absolute Gasteiger partial charge is 0.497 e. The highest BCUT2D eigenvalue weighted by Gasteiger charge is 2.13. The Morgan fingerprint density at radius 2 is 1.80 bits per heavy atom. The second kappa shape index (κ2) is 10.7. The summed E-state index contributed by atoms with van der Waals surface area (Å²) in [6.07, 6.45) is 1.14. The molecule has 0 saturated heterocycles. The van der Waals surface area contributed by atoms with Crippen molar-refractivity contribution in [2.45, 2.75) is 19.2 Å². The molecule has 25 heavy (non-hydrogen) atoms. The molecule has 0 spiro atoms. The topological polar surface area (TPSA) is 41.9 Å². The molecule has 0 aliphatic carbocycles. The fourth-order valence-corrected chi connectivity index (χ4v) is 2.69. The zero-order valence-electron chi connectivity index (χ0n) is 14.8. The lowest BCUT2D eigenvalue weighted by Crippen LogP contribution is -2.34. The van der Waals surface area contributed by atoms with E-state index in [1.165, 1.54) is 5.56 Å². The molecule has 2 aromatic carbocycles. The maximum absolute atomic E-state index is 10.3. The molecular weight excluding hydrogens is 314 g/mol. The smallest absolute Gasteiger partial charge is 0.119 e. The Labute approximate surface area is 150 Å². The lowest BCUT2D eigenvalue weighted by molar-refractivity contribution is 0.0228. The summed E-state index contributed by atoms with van der Waals surface area (Å²) in [6.45, 7) is 6.39. The number of benzene rings is 2. The van der Waals surface area contributed by atoms with E-state index in [0.717, 1.165) is 24.4 Å². The first-order chi connectivity index (χ1) is 12.2. The number of methoxy groups -OCH3 is 1. The van der Waals surface area contributed by atoms with Crippen molar-refractivity contribution in [3.63, 3.8) is 0 Å². The summed E-state index contributed by atoms with van der Waals surface area (Å²) in [4.78, 5) is 2.21. The SMILES string of the molecule is C=CCOCC(O)CN(Cc1ccccc1)Cc1cccc(OC)c1. The molecule has 0 aliphatic heterocycles. The predicted molar refractivity (Wildman–Crippen MR) is 101 cm³/mol. The molecule has 0 amide bonds. The van der Waals surface area contributed by atoms with Crippen LogP contribution in [0, 0.1) is 0 Å². The first-order valence-electron chi connectivity index (χ1n) is 8.47. The molecule has 4 nitrogen and oxygen atoms in total. The second-order valence-corrected chi connectivity index (χ2v) is 5.99. The van der Waals surface area contributed by atoms with Gasteiger partial charge in [0.2, 0.25) is 0 Å². The molecule has 0 fully saturated rings. The first kappa shape index (κ1) is 19.2. The van der Waals surface area contributed by atoms with Gasteiger partial charge in [-0.1, -0.05) is 48.5 Å². The number of aliphatic hydroxyl groups is 1. The van der Waals surface area contributed by atoms with Crippen molar-refractivity contribution in [3.05, 3.63) is 78.4 Å². The van der Waals surface area contributed by atoms with Crippen molar-refractivity contribution in [1.82, 2.24) is 4.90 Å². The predicted octanol–water partition coefficient (Wildman–Crippen LogP) is 3.26. The summed E-state index contributed by atoms with van der Waals surface area (Å²) in [6, 6.07) is 18.3. The van der Waals surface area contributed by atoms with E-state index in [9.17, 15) is 5.11 Å². The average Bonchev–Trinajstić information content (AvgIpc) is 2.63. The summed E-state index contributed by atoms with van der Waals surface area (Å²) >= 11 is 0. The number of rotatable bonds is 11. The van der Waals surface area contributed by atoms with E-state index in [1.54, 1.807) is 13.2 Å². The molecule has 1 N–H and O–H groups in total. The van der Waals surface area contributed by atoms with Crippen LogP contribution in [0.1, 0.15) is 11.1 Å². The molecule has 2 rings (SSSR count). The molecule has 0 saturated carbocycles. The van der Waals surface area contributed by atoms with Crippen molar-refractivity contribution in [3.8, 4) is 5.75 Å². The molecule has 1 atom stereocenters. The van der Waals surface area contributed by atoms with Gasteiger partial charge in [0.15, 0.2) is 0 Å². The standard InChI is InChI=1S/C21H27NO3/c1-3-12-25-17-20(23)16-22(14-18-8-5-4-6-9-18)15-19-10-7-11-21(13-19)24-2/h3-11,13,20,23H,1,12,14-17H2,2H3. The van der Waals surface area contributed by atoms with Crippen LogP contribution >= 0.6 is 0 Å². The third-order valence-corrected chi connectivity index (χ3v) is 3.80. The normalized spacial score (nSPS) is 12.1. The number of hydrogen-bond acceptors (Lipinski definition) is 4. The van der Waals surface area contributed by atoms with Crippen LogP contribution in [0.15, 0.2) is 67.3 Å². The molecule has 4 heteroatoms. The molecule has 0 aliphatic rings. The Kier molecular flexibility index (Phi) is 8.19. The van der Waals surface area contributed by atoms with Gasteiger partial charge in [-0.2, -0.15) is 0 Å². The summed E-state index contributed by atoms with van der Waals surface area (Å²) in [5, 5.41) is 10.3. The van der Waals surface area contributed by atoms with Crippen LogP contribution in [0.4, 0.5) is 0 Å². The van der Waals surface area contributed by atoms with Crippen LogP contribution in [0.3, 0.4) is 0 Å². The zero-order valence-corrected chi connectivity index (χ0v) is 14.8. The van der Waals surface area contributed by atoms with Crippen LogP contribution in [0.5, 0.6) is 5.75 Å². The van der Waals surface area contributed by atoms with Gasteiger partial charge in [-0.25, -0.2) is 0 Å². The molecule has 0 heterocycles. The fourth-order valence-electron chi connectivity index (χ4n) is 2.69. The Balaban J connectivity index is 2.03. The van der Waals surface area contributed by atoms with Crippen LogP contribution in [-0.2, 0) is 17.8 Å². The van der Waals surface area contributed by atoms with Crippen LogP contribution in [0.2, 0.25) is 0 Å². The van der Waals surface area contributed by atoms with E-state index in [4.69, 9.17) is 9.47 Å². The summed E-state index contributed by atoms with van der Waals surface area (Å²) in [7, 11) is 1.67. The monoisotopic (exact) mass is 341 g/mol. The summed E-state index contributed by atoms with van der Waals surface area (Å²) < 4.78 is 10.7. The quantitative estimate of drug-likeness (QED) is 0.503. The maximum atomic E-state index is 10.3. The molecule has 1 unspecified atom stereocenters. The molecule has 134 valence electrons. The number of aliphatic hydroxyl groups excluding tert-OH is 1. The van der Waals surface area contributed by atoms with Gasteiger partial charge < -0.3 is 14.6 Å². The van der Waals surface area contributed by atoms with Gasteiger partial charge in [-0.15, -0.1) is 6.58 Å². The van der Waals surface area contributed by atoms with Gasteiger partial charge in [0, 0.05) is 19.6 Å². The third kappa shape index (κ3) is 7.10. The number of hydrogen-bond donors (Lipinski definition) is 1. The Morgan fingerprint density at radius 3 is 2.52 bits per heavy atom.